The molecule has 1 aliphatic rings. The first-order valence-corrected chi connectivity index (χ1v) is 7.29. The highest BCUT2D eigenvalue weighted by atomic mass is 19.2. The molecule has 0 heterocycles. The van der Waals surface area contributed by atoms with Crippen molar-refractivity contribution in [1.82, 2.24) is 0 Å². The van der Waals surface area contributed by atoms with Crippen molar-refractivity contribution in [3.63, 3.8) is 0 Å². The average molecular weight is 280 g/mol. The van der Waals surface area contributed by atoms with Gasteiger partial charge in [0.2, 0.25) is 0 Å². The van der Waals surface area contributed by atoms with Crippen LogP contribution in [0, 0.1) is 30.4 Å². The first kappa shape index (κ1) is 15.0. The number of halogens is 2. The maximum absolute atomic E-state index is 13.6. The molecule has 0 unspecified atom stereocenters. The van der Waals surface area contributed by atoms with Crippen LogP contribution < -0.4 is 0 Å². The molecule has 0 saturated heterocycles. The molecule has 1 fully saturated rings. The molecule has 0 spiro atoms. The molecule has 0 atom stereocenters. The maximum Gasteiger partial charge on any atom is 0.165 e. The summed E-state index contributed by atoms with van der Waals surface area (Å²) in [5.41, 5.74) is 0.577. The van der Waals surface area contributed by atoms with Gasteiger partial charge in [0.1, 0.15) is 6.61 Å². The van der Waals surface area contributed by atoms with Gasteiger partial charge in [-0.25, -0.2) is 8.78 Å². The minimum atomic E-state index is -0.801. The molecule has 110 valence electrons. The van der Waals surface area contributed by atoms with E-state index in [0.717, 1.165) is 5.92 Å². The first-order chi connectivity index (χ1) is 9.58. The van der Waals surface area contributed by atoms with Crippen LogP contribution in [0.25, 0.3) is 0 Å². The van der Waals surface area contributed by atoms with Crippen molar-refractivity contribution >= 4 is 0 Å². The van der Waals surface area contributed by atoms with E-state index >= 15 is 0 Å². The molecule has 0 bridgehead atoms. The number of hydrogen-bond donors (Lipinski definition) is 0. The molecule has 0 radical (unpaired) electrons. The van der Waals surface area contributed by atoms with Gasteiger partial charge in [0.15, 0.2) is 11.6 Å². The van der Waals surface area contributed by atoms with Crippen molar-refractivity contribution in [2.45, 2.75) is 46.1 Å². The van der Waals surface area contributed by atoms with Gasteiger partial charge in [-0.1, -0.05) is 31.9 Å². The van der Waals surface area contributed by atoms with Crippen molar-refractivity contribution in [3.05, 3.63) is 47.2 Å². The summed E-state index contributed by atoms with van der Waals surface area (Å²) in [5, 5.41) is 0. The smallest absolute Gasteiger partial charge is 0.165 e. The van der Waals surface area contributed by atoms with Crippen LogP contribution in [-0.2, 0) is 11.3 Å². The first-order valence-electron chi connectivity index (χ1n) is 7.29. The minimum absolute atomic E-state index is 0.0721. The Morgan fingerprint density at radius 2 is 1.85 bits per heavy atom. The molecule has 2 rings (SSSR count). The molecule has 3 heteroatoms. The number of aryl methyl sites for hydroxylation is 1. The molecule has 0 aromatic heterocycles. The normalized spacial score (nSPS) is 23.2. The molecule has 0 amide bonds. The summed E-state index contributed by atoms with van der Waals surface area (Å²) < 4.78 is 32.3. The van der Waals surface area contributed by atoms with E-state index in [4.69, 9.17) is 4.74 Å². The van der Waals surface area contributed by atoms with Crippen LogP contribution >= 0.6 is 0 Å². The molecule has 0 N–H and O–H groups in total. The van der Waals surface area contributed by atoms with Crippen molar-refractivity contribution in [3.8, 4) is 0 Å². The lowest BCUT2D eigenvalue weighted by Crippen LogP contribution is -2.10. The molecule has 1 saturated carbocycles. The van der Waals surface area contributed by atoms with Crippen molar-refractivity contribution in [1.29, 1.82) is 0 Å². The van der Waals surface area contributed by atoms with E-state index in [9.17, 15) is 8.78 Å². The van der Waals surface area contributed by atoms with E-state index in [-0.39, 0.29) is 12.2 Å². The molecule has 20 heavy (non-hydrogen) atoms. The van der Waals surface area contributed by atoms with E-state index in [0.29, 0.717) is 11.5 Å². The fraction of sp³-hybridized carbons (Fsp3) is 0.529. The predicted molar refractivity (Wildman–Crippen MR) is 76.1 cm³/mol. The van der Waals surface area contributed by atoms with Crippen LogP contribution in [0.2, 0.25) is 0 Å². The van der Waals surface area contributed by atoms with Crippen LogP contribution in [0.4, 0.5) is 8.78 Å². The van der Waals surface area contributed by atoms with Gasteiger partial charge in [0.25, 0.3) is 0 Å². The Hall–Kier alpha value is -1.38. The molecule has 1 aromatic carbocycles. The highest BCUT2D eigenvalue weighted by Crippen LogP contribution is 2.29. The third kappa shape index (κ3) is 3.81. The molecule has 0 aliphatic heterocycles. The van der Waals surface area contributed by atoms with Gasteiger partial charge in [-0.3, -0.25) is 0 Å². The standard InChI is InChI=1S/C17H22F2O/c1-12-3-6-14(7-4-12)9-10-20-11-15-8-5-13(2)16(18)17(15)19/h5,8-10,12,14H,3-4,6-7,11H2,1-2H3/b10-9+. The third-order valence-corrected chi connectivity index (χ3v) is 4.10. The molecular weight excluding hydrogens is 258 g/mol. The Balaban J connectivity index is 1.82. The zero-order valence-electron chi connectivity index (χ0n) is 12.2. The van der Waals surface area contributed by atoms with Gasteiger partial charge in [-0.05, 0) is 43.2 Å². The van der Waals surface area contributed by atoms with Crippen molar-refractivity contribution in [2.24, 2.45) is 11.8 Å². The van der Waals surface area contributed by atoms with Gasteiger partial charge >= 0.3 is 0 Å². The van der Waals surface area contributed by atoms with Crippen LogP contribution in [0.3, 0.4) is 0 Å². The van der Waals surface area contributed by atoms with E-state index in [1.807, 2.05) is 6.08 Å². The molecule has 1 aliphatic carbocycles. The van der Waals surface area contributed by atoms with Gasteiger partial charge in [0.05, 0.1) is 6.26 Å². The second kappa shape index (κ2) is 6.87. The quantitative estimate of drug-likeness (QED) is 0.695. The molecular formula is C17H22F2O. The van der Waals surface area contributed by atoms with Gasteiger partial charge in [-0.2, -0.15) is 0 Å². The van der Waals surface area contributed by atoms with E-state index in [1.54, 1.807) is 25.3 Å². The number of allylic oxidation sites excluding steroid dienone is 1. The van der Waals surface area contributed by atoms with Crippen LogP contribution in [0.1, 0.15) is 43.7 Å². The zero-order valence-corrected chi connectivity index (χ0v) is 12.2. The summed E-state index contributed by atoms with van der Waals surface area (Å²) in [6, 6.07) is 3.15. The monoisotopic (exact) mass is 280 g/mol. The van der Waals surface area contributed by atoms with Gasteiger partial charge in [-0.15, -0.1) is 0 Å². The predicted octanol–water partition coefficient (Wildman–Crippen LogP) is 5.13. The zero-order chi connectivity index (χ0) is 14.5. The largest absolute Gasteiger partial charge is 0.497 e. The summed E-state index contributed by atoms with van der Waals surface area (Å²) in [6.07, 6.45) is 8.58. The fourth-order valence-electron chi connectivity index (χ4n) is 2.58. The second-order valence-electron chi connectivity index (χ2n) is 5.83. The molecule has 1 aromatic rings. The number of ether oxygens (including phenoxy) is 1. The van der Waals surface area contributed by atoms with Crippen molar-refractivity contribution in [2.75, 3.05) is 0 Å². The summed E-state index contributed by atoms with van der Waals surface area (Å²) in [5.74, 6) is -0.197. The maximum atomic E-state index is 13.6. The molecule has 1 nitrogen and oxygen atoms in total. The lowest BCUT2D eigenvalue weighted by atomic mass is 9.83. The summed E-state index contributed by atoms with van der Waals surface area (Å²) in [6.45, 7) is 3.90. The summed E-state index contributed by atoms with van der Waals surface area (Å²) in [7, 11) is 0. The SMILES string of the molecule is Cc1ccc(CO/C=C/C2CCC(C)CC2)c(F)c1F. The average Bonchev–Trinajstić information content (AvgIpc) is 2.45. The Kier molecular flexibility index (Phi) is 5.16. The topological polar surface area (TPSA) is 9.23 Å². The van der Waals surface area contributed by atoms with Gasteiger partial charge < -0.3 is 4.74 Å². The minimum Gasteiger partial charge on any atom is -0.497 e. The van der Waals surface area contributed by atoms with Crippen LogP contribution in [0.15, 0.2) is 24.5 Å². The number of rotatable bonds is 4. The highest BCUT2D eigenvalue weighted by Gasteiger charge is 2.15. The number of benzene rings is 1. The second-order valence-corrected chi connectivity index (χ2v) is 5.83. The third-order valence-electron chi connectivity index (χ3n) is 4.10. The Labute approximate surface area is 119 Å². The summed E-state index contributed by atoms with van der Waals surface area (Å²) in [4.78, 5) is 0. The Bertz CT molecular complexity index is 474. The fourth-order valence-corrected chi connectivity index (χ4v) is 2.58. The van der Waals surface area contributed by atoms with Crippen LogP contribution in [-0.4, -0.2) is 0 Å². The van der Waals surface area contributed by atoms with E-state index < -0.39 is 11.6 Å². The highest BCUT2D eigenvalue weighted by molar-refractivity contribution is 5.24. The van der Waals surface area contributed by atoms with Crippen LogP contribution in [0.5, 0.6) is 0 Å². The van der Waals surface area contributed by atoms with E-state index in [1.165, 1.54) is 25.7 Å². The lowest BCUT2D eigenvalue weighted by Gasteiger charge is -2.23. The van der Waals surface area contributed by atoms with Gasteiger partial charge in [0, 0.05) is 5.56 Å². The Morgan fingerprint density at radius 3 is 2.55 bits per heavy atom. The lowest BCUT2D eigenvalue weighted by molar-refractivity contribution is 0.225. The number of hydrogen-bond acceptors (Lipinski definition) is 1. The van der Waals surface area contributed by atoms with E-state index in [2.05, 4.69) is 6.92 Å². The Morgan fingerprint density at radius 1 is 1.15 bits per heavy atom. The van der Waals surface area contributed by atoms with Crippen molar-refractivity contribution < 1.29 is 13.5 Å². The summed E-state index contributed by atoms with van der Waals surface area (Å²) >= 11 is 0.